The molecule has 26 heavy (non-hydrogen) atoms. The molecular weight excluding hydrogens is 370 g/mol. The van der Waals surface area contributed by atoms with Crippen LogP contribution in [0.3, 0.4) is 0 Å². The Kier molecular flexibility index (Phi) is 4.28. The van der Waals surface area contributed by atoms with Gasteiger partial charge in [0.25, 0.3) is 0 Å². The summed E-state index contributed by atoms with van der Waals surface area (Å²) in [6.45, 7) is 0. The van der Waals surface area contributed by atoms with Crippen molar-refractivity contribution in [3.63, 3.8) is 0 Å². The molecule has 1 amide bonds. The molecule has 4 rings (SSSR count). The number of hydrogen-bond acceptors (Lipinski definition) is 5. The SMILES string of the molecule is NC(=O)c1ccc(Oc2ncnc3scc(-c4ccc(Cl)cc4)c23)cc1. The number of primary amides is 1. The molecular formula is C19H12ClN3O2S. The molecule has 0 unspecified atom stereocenters. The van der Waals surface area contributed by atoms with Crippen LogP contribution in [-0.4, -0.2) is 15.9 Å². The van der Waals surface area contributed by atoms with Gasteiger partial charge in [0, 0.05) is 21.5 Å². The summed E-state index contributed by atoms with van der Waals surface area (Å²) in [6.07, 6.45) is 1.47. The lowest BCUT2D eigenvalue weighted by atomic mass is 10.1. The van der Waals surface area contributed by atoms with Gasteiger partial charge < -0.3 is 10.5 Å². The number of amides is 1. The highest BCUT2D eigenvalue weighted by atomic mass is 35.5. The molecule has 0 aliphatic heterocycles. The summed E-state index contributed by atoms with van der Waals surface area (Å²) in [5.41, 5.74) is 7.66. The van der Waals surface area contributed by atoms with Crippen molar-refractivity contribution in [2.75, 3.05) is 0 Å². The average Bonchev–Trinajstić information content (AvgIpc) is 3.08. The number of benzene rings is 2. The van der Waals surface area contributed by atoms with Gasteiger partial charge in [-0.25, -0.2) is 9.97 Å². The zero-order valence-electron chi connectivity index (χ0n) is 13.3. The normalized spacial score (nSPS) is 10.8. The lowest BCUT2D eigenvalue weighted by Gasteiger charge is -2.08. The second-order valence-electron chi connectivity index (χ2n) is 5.51. The van der Waals surface area contributed by atoms with Gasteiger partial charge in [0.2, 0.25) is 11.8 Å². The summed E-state index contributed by atoms with van der Waals surface area (Å²) in [4.78, 5) is 20.6. The van der Waals surface area contributed by atoms with Crippen LogP contribution in [0.4, 0.5) is 0 Å². The summed E-state index contributed by atoms with van der Waals surface area (Å²) < 4.78 is 5.95. The van der Waals surface area contributed by atoms with Crippen LogP contribution in [0, 0.1) is 0 Å². The van der Waals surface area contributed by atoms with E-state index in [-0.39, 0.29) is 0 Å². The van der Waals surface area contributed by atoms with Crippen LogP contribution in [-0.2, 0) is 0 Å². The second-order valence-corrected chi connectivity index (χ2v) is 6.80. The number of carbonyl (C=O) groups is 1. The fourth-order valence-corrected chi connectivity index (χ4v) is 3.60. The van der Waals surface area contributed by atoms with Crippen molar-refractivity contribution >= 4 is 39.1 Å². The van der Waals surface area contributed by atoms with Gasteiger partial charge in [-0.15, -0.1) is 11.3 Å². The topological polar surface area (TPSA) is 78.1 Å². The molecule has 0 fully saturated rings. The number of halogens is 1. The van der Waals surface area contributed by atoms with Crippen molar-refractivity contribution in [3.8, 4) is 22.8 Å². The van der Waals surface area contributed by atoms with Crippen molar-refractivity contribution in [3.05, 3.63) is 70.8 Å². The fourth-order valence-electron chi connectivity index (χ4n) is 2.57. The summed E-state index contributed by atoms with van der Waals surface area (Å²) in [7, 11) is 0. The monoisotopic (exact) mass is 381 g/mol. The van der Waals surface area contributed by atoms with Gasteiger partial charge in [0.05, 0.1) is 5.39 Å². The largest absolute Gasteiger partial charge is 0.438 e. The lowest BCUT2D eigenvalue weighted by Crippen LogP contribution is -2.10. The fraction of sp³-hybridized carbons (Fsp3) is 0. The summed E-state index contributed by atoms with van der Waals surface area (Å²) in [6, 6.07) is 14.2. The third-order valence-electron chi connectivity index (χ3n) is 3.84. The highest BCUT2D eigenvalue weighted by Gasteiger charge is 2.15. The maximum atomic E-state index is 11.2. The van der Waals surface area contributed by atoms with Crippen molar-refractivity contribution < 1.29 is 9.53 Å². The molecule has 7 heteroatoms. The van der Waals surface area contributed by atoms with Crippen molar-refractivity contribution in [2.45, 2.75) is 0 Å². The summed E-state index contributed by atoms with van der Waals surface area (Å²) >= 11 is 7.50. The Hall–Kier alpha value is -2.96. The van der Waals surface area contributed by atoms with Crippen molar-refractivity contribution in [1.29, 1.82) is 0 Å². The van der Waals surface area contributed by atoms with E-state index in [0.717, 1.165) is 21.3 Å². The van der Waals surface area contributed by atoms with Crippen LogP contribution in [0.2, 0.25) is 5.02 Å². The van der Waals surface area contributed by atoms with Crippen LogP contribution in [0.5, 0.6) is 11.6 Å². The number of nitrogens with zero attached hydrogens (tertiary/aromatic N) is 2. The molecule has 0 bridgehead atoms. The predicted octanol–water partition coefficient (Wildman–Crippen LogP) is 4.90. The maximum absolute atomic E-state index is 11.2. The molecule has 0 saturated carbocycles. The van der Waals surface area contributed by atoms with Gasteiger partial charge in [-0.1, -0.05) is 23.7 Å². The van der Waals surface area contributed by atoms with E-state index in [1.807, 2.05) is 29.6 Å². The molecule has 0 atom stereocenters. The van der Waals surface area contributed by atoms with Gasteiger partial charge in [0.1, 0.15) is 16.9 Å². The lowest BCUT2D eigenvalue weighted by molar-refractivity contribution is 0.100. The Bertz CT molecular complexity index is 1090. The van der Waals surface area contributed by atoms with E-state index < -0.39 is 5.91 Å². The summed E-state index contributed by atoms with van der Waals surface area (Å²) in [5, 5.41) is 3.53. The first-order valence-electron chi connectivity index (χ1n) is 7.67. The van der Waals surface area contributed by atoms with Crippen molar-refractivity contribution in [1.82, 2.24) is 9.97 Å². The number of nitrogens with two attached hydrogens (primary N) is 1. The number of ether oxygens (including phenoxy) is 1. The highest BCUT2D eigenvalue weighted by molar-refractivity contribution is 7.17. The smallest absolute Gasteiger partial charge is 0.248 e. The third kappa shape index (κ3) is 3.12. The zero-order valence-corrected chi connectivity index (χ0v) is 14.9. The minimum absolute atomic E-state index is 0.419. The number of rotatable bonds is 4. The van der Waals surface area contributed by atoms with Crippen LogP contribution in [0.15, 0.2) is 60.2 Å². The second kappa shape index (κ2) is 6.74. The quantitative estimate of drug-likeness (QED) is 0.545. The Morgan fingerprint density at radius 1 is 1.04 bits per heavy atom. The van der Waals surface area contributed by atoms with Gasteiger partial charge in [0.15, 0.2) is 0 Å². The van der Waals surface area contributed by atoms with Gasteiger partial charge in [-0.2, -0.15) is 0 Å². The molecule has 5 nitrogen and oxygen atoms in total. The Morgan fingerprint density at radius 3 is 2.46 bits per heavy atom. The van der Waals surface area contributed by atoms with E-state index in [2.05, 4.69) is 9.97 Å². The number of hydrogen-bond donors (Lipinski definition) is 1. The van der Waals surface area contributed by atoms with Gasteiger partial charge >= 0.3 is 0 Å². The van der Waals surface area contributed by atoms with Crippen molar-refractivity contribution in [2.24, 2.45) is 5.73 Å². The van der Waals surface area contributed by atoms with E-state index in [4.69, 9.17) is 22.1 Å². The predicted molar refractivity (Wildman–Crippen MR) is 103 cm³/mol. The van der Waals surface area contributed by atoms with Crippen LogP contribution in [0.25, 0.3) is 21.3 Å². The average molecular weight is 382 g/mol. The van der Waals surface area contributed by atoms with Gasteiger partial charge in [-0.3, -0.25) is 4.79 Å². The molecule has 2 aromatic heterocycles. The zero-order chi connectivity index (χ0) is 18.1. The molecule has 128 valence electrons. The molecule has 2 heterocycles. The van der Waals surface area contributed by atoms with E-state index in [1.54, 1.807) is 24.3 Å². The van der Waals surface area contributed by atoms with E-state index in [9.17, 15) is 4.79 Å². The first kappa shape index (κ1) is 16.5. The molecule has 2 aromatic carbocycles. The van der Waals surface area contributed by atoms with Crippen LogP contribution in [0.1, 0.15) is 10.4 Å². The molecule has 0 saturated heterocycles. The molecule has 0 aliphatic carbocycles. The summed E-state index contributed by atoms with van der Waals surface area (Å²) in [5.74, 6) is 0.528. The molecule has 0 spiro atoms. The first-order chi connectivity index (χ1) is 12.6. The Morgan fingerprint density at radius 2 is 1.77 bits per heavy atom. The highest BCUT2D eigenvalue weighted by Crippen LogP contribution is 2.39. The first-order valence-corrected chi connectivity index (χ1v) is 8.93. The van der Waals surface area contributed by atoms with Crippen LogP contribution < -0.4 is 10.5 Å². The number of aromatic nitrogens is 2. The molecule has 0 aliphatic rings. The molecule has 2 N–H and O–H groups in total. The maximum Gasteiger partial charge on any atom is 0.248 e. The number of carbonyl (C=O) groups excluding carboxylic acids is 1. The Labute approximate surface area is 158 Å². The molecule has 4 aromatic rings. The third-order valence-corrected chi connectivity index (χ3v) is 4.98. The van der Waals surface area contributed by atoms with E-state index >= 15 is 0 Å². The minimum atomic E-state index is -0.483. The number of fused-ring (bicyclic) bond motifs is 1. The minimum Gasteiger partial charge on any atom is -0.438 e. The standard InChI is InChI=1S/C19H12ClN3O2S/c20-13-5-1-11(2-6-13)15-9-26-19-16(15)18(22-10-23-19)25-14-7-3-12(4-8-14)17(21)24/h1-10H,(H2,21,24). The van der Waals surface area contributed by atoms with E-state index in [0.29, 0.717) is 22.2 Å². The number of thiophene rings is 1. The van der Waals surface area contributed by atoms with Crippen LogP contribution >= 0.6 is 22.9 Å². The Balaban J connectivity index is 1.76. The molecule has 0 radical (unpaired) electrons. The van der Waals surface area contributed by atoms with E-state index in [1.165, 1.54) is 17.7 Å². The van der Waals surface area contributed by atoms with Gasteiger partial charge in [-0.05, 0) is 42.0 Å².